The zero-order chi connectivity index (χ0) is 21.0. The van der Waals surface area contributed by atoms with Crippen molar-refractivity contribution < 1.29 is 18.7 Å². The van der Waals surface area contributed by atoms with E-state index < -0.39 is 5.91 Å². The summed E-state index contributed by atoms with van der Waals surface area (Å²) in [5.41, 5.74) is 8.38. The number of nitrogens with one attached hydrogen (secondary N) is 1. The number of piperidine rings is 1. The minimum atomic E-state index is -0.429. The fourth-order valence-corrected chi connectivity index (χ4v) is 3.87. The fourth-order valence-electron chi connectivity index (χ4n) is 3.87. The Morgan fingerprint density at radius 3 is 2.66 bits per heavy atom. The van der Waals surface area contributed by atoms with E-state index in [0.717, 1.165) is 17.0 Å². The third-order valence-corrected chi connectivity index (χ3v) is 5.45. The summed E-state index contributed by atoms with van der Waals surface area (Å²) in [7, 11) is 0. The molecule has 1 aromatic heterocycles. The lowest BCUT2D eigenvalue weighted by Gasteiger charge is -2.38. The molecular formula is C21H27FN4O3. The maximum Gasteiger partial charge on any atom is 0.222 e. The first-order valence-electron chi connectivity index (χ1n) is 9.82. The molecule has 1 saturated heterocycles. The van der Waals surface area contributed by atoms with Crippen LogP contribution in [-0.2, 0) is 16.0 Å². The second kappa shape index (κ2) is 9.07. The van der Waals surface area contributed by atoms with Crippen molar-refractivity contribution in [3.63, 3.8) is 0 Å². The predicted octanol–water partition coefficient (Wildman–Crippen LogP) is 2.27. The quantitative estimate of drug-likeness (QED) is 0.742. The van der Waals surface area contributed by atoms with Gasteiger partial charge in [-0.25, -0.2) is 4.39 Å². The average molecular weight is 402 g/mol. The molecule has 8 heteroatoms. The van der Waals surface area contributed by atoms with E-state index >= 15 is 0 Å². The Kier molecular flexibility index (Phi) is 6.51. The highest BCUT2D eigenvalue weighted by Gasteiger charge is 2.34. The highest BCUT2D eigenvalue weighted by Crippen LogP contribution is 2.26. The van der Waals surface area contributed by atoms with Crippen LogP contribution in [0.5, 0.6) is 5.75 Å². The van der Waals surface area contributed by atoms with Crippen molar-refractivity contribution in [2.45, 2.75) is 45.6 Å². The van der Waals surface area contributed by atoms with Gasteiger partial charge in [-0.05, 0) is 50.1 Å². The van der Waals surface area contributed by atoms with Crippen LogP contribution in [0.4, 0.5) is 4.39 Å². The molecule has 1 aliphatic rings. The van der Waals surface area contributed by atoms with E-state index in [-0.39, 0.29) is 30.2 Å². The normalized spacial score (nSPS) is 19.2. The Balaban J connectivity index is 1.61. The molecule has 0 saturated carbocycles. The number of aromatic amines is 1. The second-order valence-electron chi connectivity index (χ2n) is 7.58. The lowest BCUT2D eigenvalue weighted by atomic mass is 9.90. The van der Waals surface area contributed by atoms with Gasteiger partial charge in [0.15, 0.2) is 0 Å². The number of benzene rings is 1. The third-order valence-electron chi connectivity index (χ3n) is 5.45. The van der Waals surface area contributed by atoms with Gasteiger partial charge in [0.2, 0.25) is 11.8 Å². The van der Waals surface area contributed by atoms with E-state index in [1.807, 2.05) is 13.8 Å². The first-order valence-corrected chi connectivity index (χ1v) is 9.82. The Hall–Kier alpha value is -2.90. The minimum absolute atomic E-state index is 0.0414. The molecule has 3 N–H and O–H groups in total. The molecule has 2 heterocycles. The van der Waals surface area contributed by atoms with Crippen molar-refractivity contribution in [2.75, 3.05) is 13.1 Å². The van der Waals surface area contributed by atoms with Gasteiger partial charge >= 0.3 is 0 Å². The number of carbonyl (C=O) groups excluding carboxylic acids is 2. The van der Waals surface area contributed by atoms with Crippen LogP contribution in [0.3, 0.4) is 0 Å². The number of H-pyrrole nitrogens is 1. The Morgan fingerprint density at radius 1 is 1.31 bits per heavy atom. The largest absolute Gasteiger partial charge is 0.490 e. The zero-order valence-corrected chi connectivity index (χ0v) is 16.8. The van der Waals surface area contributed by atoms with Gasteiger partial charge in [0.1, 0.15) is 17.7 Å². The molecule has 7 nitrogen and oxygen atoms in total. The molecule has 2 atom stereocenters. The summed E-state index contributed by atoms with van der Waals surface area (Å²) in [6.07, 6.45) is 1.48. The molecule has 0 spiro atoms. The van der Waals surface area contributed by atoms with Crippen LogP contribution in [0.15, 0.2) is 24.3 Å². The Bertz CT molecular complexity index is 846. The van der Waals surface area contributed by atoms with Gasteiger partial charge in [0.05, 0.1) is 5.69 Å². The minimum Gasteiger partial charge on any atom is -0.490 e. The van der Waals surface area contributed by atoms with Crippen LogP contribution in [-0.4, -0.2) is 46.1 Å². The number of aryl methyl sites for hydroxylation is 2. The van der Waals surface area contributed by atoms with Crippen molar-refractivity contribution in [1.82, 2.24) is 15.1 Å². The van der Waals surface area contributed by atoms with Gasteiger partial charge in [0, 0.05) is 44.0 Å². The number of carbonyl (C=O) groups is 2. The molecule has 2 aromatic rings. The number of hydrogen-bond donors (Lipinski definition) is 2. The van der Waals surface area contributed by atoms with Gasteiger partial charge in [-0.15, -0.1) is 0 Å². The van der Waals surface area contributed by atoms with Crippen molar-refractivity contribution in [2.24, 2.45) is 11.7 Å². The van der Waals surface area contributed by atoms with Crippen LogP contribution in [0.1, 0.15) is 36.2 Å². The monoisotopic (exact) mass is 402 g/mol. The summed E-state index contributed by atoms with van der Waals surface area (Å²) in [5, 5.41) is 7.10. The number of nitrogens with zero attached hydrogens (tertiary/aromatic N) is 2. The number of nitrogens with two attached hydrogens (primary N) is 1. The first kappa shape index (κ1) is 20.8. The molecule has 29 heavy (non-hydrogen) atoms. The summed E-state index contributed by atoms with van der Waals surface area (Å²) >= 11 is 0. The topological polar surface area (TPSA) is 101 Å². The van der Waals surface area contributed by atoms with E-state index in [0.29, 0.717) is 38.1 Å². The van der Waals surface area contributed by atoms with Gasteiger partial charge < -0.3 is 15.4 Å². The number of primary amides is 1. The number of amides is 2. The third kappa shape index (κ3) is 5.34. The molecule has 0 aliphatic carbocycles. The predicted molar refractivity (Wildman–Crippen MR) is 106 cm³/mol. The van der Waals surface area contributed by atoms with Crippen LogP contribution in [0, 0.1) is 25.6 Å². The van der Waals surface area contributed by atoms with Crippen molar-refractivity contribution in [1.29, 1.82) is 0 Å². The maximum absolute atomic E-state index is 13.1. The molecule has 0 radical (unpaired) electrons. The second-order valence-corrected chi connectivity index (χ2v) is 7.58. The van der Waals surface area contributed by atoms with Gasteiger partial charge in [0.25, 0.3) is 0 Å². The standard InChI is InChI=1S/C21H27FN4O3/c1-13-18(14(2)25-24-13)7-8-21(28)26-10-9-19(15(12-26)11-20(23)27)29-17-5-3-16(22)4-6-17/h3-6,15,19H,7-12H2,1-2H3,(H2,23,27)(H,24,25)/t15-,19-/m0/s1. The maximum atomic E-state index is 13.1. The molecule has 1 aromatic carbocycles. The lowest BCUT2D eigenvalue weighted by molar-refractivity contribution is -0.136. The van der Waals surface area contributed by atoms with Gasteiger partial charge in [-0.2, -0.15) is 5.10 Å². The molecule has 1 aliphatic heterocycles. The summed E-state index contributed by atoms with van der Waals surface area (Å²) in [6, 6.07) is 5.78. The summed E-state index contributed by atoms with van der Waals surface area (Å²) in [5.74, 6) is -0.389. The first-order chi connectivity index (χ1) is 13.8. The number of rotatable bonds is 7. The highest BCUT2D eigenvalue weighted by molar-refractivity contribution is 5.77. The van der Waals surface area contributed by atoms with E-state index in [9.17, 15) is 14.0 Å². The zero-order valence-electron chi connectivity index (χ0n) is 16.8. The molecule has 3 rings (SSSR count). The SMILES string of the molecule is Cc1n[nH]c(C)c1CCC(=O)N1CC[C@H](Oc2ccc(F)cc2)[C@@H](CC(N)=O)C1. The van der Waals surface area contributed by atoms with Gasteiger partial charge in [-0.1, -0.05) is 0 Å². The molecule has 0 bridgehead atoms. The van der Waals surface area contributed by atoms with Crippen LogP contribution in [0.25, 0.3) is 0 Å². The van der Waals surface area contributed by atoms with Crippen LogP contribution in [0.2, 0.25) is 0 Å². The Morgan fingerprint density at radius 2 is 2.03 bits per heavy atom. The van der Waals surface area contributed by atoms with Crippen molar-refractivity contribution in [3.8, 4) is 5.75 Å². The molecule has 0 unspecified atom stereocenters. The molecule has 2 amide bonds. The molecule has 156 valence electrons. The highest BCUT2D eigenvalue weighted by atomic mass is 19.1. The number of likely N-dealkylation sites (tertiary alicyclic amines) is 1. The van der Waals surface area contributed by atoms with E-state index in [4.69, 9.17) is 10.5 Å². The van der Waals surface area contributed by atoms with E-state index in [1.165, 1.54) is 12.1 Å². The van der Waals surface area contributed by atoms with Crippen LogP contribution < -0.4 is 10.5 Å². The number of halogens is 1. The number of ether oxygens (including phenoxy) is 1. The fraction of sp³-hybridized carbons (Fsp3) is 0.476. The van der Waals surface area contributed by atoms with Crippen molar-refractivity contribution >= 4 is 11.8 Å². The summed E-state index contributed by atoms with van der Waals surface area (Å²) < 4.78 is 19.1. The average Bonchev–Trinajstić information content (AvgIpc) is 3.00. The smallest absolute Gasteiger partial charge is 0.222 e. The Labute approximate surface area is 169 Å². The van der Waals surface area contributed by atoms with Crippen molar-refractivity contribution in [3.05, 3.63) is 47.0 Å². The number of aromatic nitrogens is 2. The number of hydrogen-bond acceptors (Lipinski definition) is 4. The van der Waals surface area contributed by atoms with Gasteiger partial charge in [-0.3, -0.25) is 14.7 Å². The van der Waals surface area contributed by atoms with Crippen LogP contribution >= 0.6 is 0 Å². The van der Waals surface area contributed by atoms with E-state index in [2.05, 4.69) is 10.2 Å². The summed E-state index contributed by atoms with van der Waals surface area (Å²) in [6.45, 7) is 4.83. The van der Waals surface area contributed by atoms with E-state index in [1.54, 1.807) is 17.0 Å². The lowest BCUT2D eigenvalue weighted by Crippen LogP contribution is -2.49. The molecular weight excluding hydrogens is 375 g/mol. The molecule has 1 fully saturated rings. The summed E-state index contributed by atoms with van der Waals surface area (Å²) in [4.78, 5) is 26.1.